The number of halogens is 2. The Morgan fingerprint density at radius 3 is 2.76 bits per heavy atom. The van der Waals surface area contributed by atoms with Gasteiger partial charge in [-0.3, -0.25) is 0 Å². The third-order valence-corrected chi connectivity index (χ3v) is 3.63. The maximum absolute atomic E-state index is 10.7. The zero-order valence-electron chi connectivity index (χ0n) is 8.91. The lowest BCUT2D eigenvalue weighted by Gasteiger charge is -2.19. The summed E-state index contributed by atoms with van der Waals surface area (Å²) in [6.07, 6.45) is -1.01. The van der Waals surface area contributed by atoms with Crippen molar-refractivity contribution < 1.29 is 9.90 Å². The molecule has 1 amide bonds. The smallest absolute Gasteiger partial charge is 0.404 e. The van der Waals surface area contributed by atoms with Crippen molar-refractivity contribution in [2.75, 3.05) is 13.1 Å². The fourth-order valence-corrected chi connectivity index (χ4v) is 2.39. The van der Waals surface area contributed by atoms with E-state index in [2.05, 4.69) is 10.6 Å². The minimum Gasteiger partial charge on any atom is -0.465 e. The number of amides is 1. The predicted molar refractivity (Wildman–Crippen MR) is 67.0 cm³/mol. The average Bonchev–Trinajstić information content (AvgIpc) is 2.69. The number of hydrogen-bond donors (Lipinski definition) is 3. The molecular weight excluding hydrogens is 263 g/mol. The van der Waals surface area contributed by atoms with Crippen LogP contribution in [0.25, 0.3) is 0 Å². The zero-order chi connectivity index (χ0) is 12.4. The Balaban J connectivity index is 2.20. The molecule has 1 fully saturated rings. The molecule has 1 aliphatic heterocycles. The van der Waals surface area contributed by atoms with Crippen molar-refractivity contribution in [1.29, 1.82) is 0 Å². The number of carbonyl (C=O) groups is 1. The van der Waals surface area contributed by atoms with Crippen molar-refractivity contribution in [3.05, 3.63) is 33.8 Å². The van der Waals surface area contributed by atoms with E-state index in [1.54, 1.807) is 12.1 Å². The number of benzene rings is 1. The lowest BCUT2D eigenvalue weighted by atomic mass is 9.94. The largest absolute Gasteiger partial charge is 0.465 e. The van der Waals surface area contributed by atoms with E-state index in [0.717, 1.165) is 12.1 Å². The SMILES string of the molecule is O=C(O)N[C@H]1CNC[C@@H]1c1ccc(Cl)c(Cl)c1. The van der Waals surface area contributed by atoms with Crippen LogP contribution in [0.4, 0.5) is 4.79 Å². The van der Waals surface area contributed by atoms with Crippen molar-refractivity contribution in [2.24, 2.45) is 0 Å². The highest BCUT2D eigenvalue weighted by molar-refractivity contribution is 6.42. The second-order valence-electron chi connectivity index (χ2n) is 3.99. The molecule has 17 heavy (non-hydrogen) atoms. The van der Waals surface area contributed by atoms with E-state index in [-0.39, 0.29) is 12.0 Å². The van der Waals surface area contributed by atoms with E-state index >= 15 is 0 Å². The van der Waals surface area contributed by atoms with Gasteiger partial charge in [0.1, 0.15) is 0 Å². The van der Waals surface area contributed by atoms with Crippen LogP contribution >= 0.6 is 23.2 Å². The first kappa shape index (κ1) is 12.5. The quantitative estimate of drug-likeness (QED) is 0.776. The summed E-state index contributed by atoms with van der Waals surface area (Å²) in [7, 11) is 0. The molecule has 2 atom stereocenters. The standard InChI is InChI=1S/C11H12Cl2N2O2/c12-8-2-1-6(3-9(8)13)7-4-14-5-10(7)15-11(16)17/h1-3,7,10,14-15H,4-5H2,(H,16,17)/t7-,10+/m1/s1. The molecule has 1 heterocycles. The molecule has 0 aliphatic carbocycles. The van der Waals surface area contributed by atoms with Gasteiger partial charge in [-0.25, -0.2) is 4.79 Å². The van der Waals surface area contributed by atoms with Gasteiger partial charge in [0.05, 0.1) is 16.1 Å². The Morgan fingerprint density at radius 2 is 2.12 bits per heavy atom. The maximum Gasteiger partial charge on any atom is 0.404 e. The topological polar surface area (TPSA) is 61.4 Å². The van der Waals surface area contributed by atoms with E-state index in [0.29, 0.717) is 16.6 Å². The van der Waals surface area contributed by atoms with Crippen LogP contribution in [0.15, 0.2) is 18.2 Å². The van der Waals surface area contributed by atoms with Gasteiger partial charge in [0.15, 0.2) is 0 Å². The van der Waals surface area contributed by atoms with Gasteiger partial charge in [0.2, 0.25) is 0 Å². The monoisotopic (exact) mass is 274 g/mol. The van der Waals surface area contributed by atoms with Gasteiger partial charge in [-0.1, -0.05) is 29.3 Å². The van der Waals surface area contributed by atoms with Gasteiger partial charge in [0.25, 0.3) is 0 Å². The summed E-state index contributed by atoms with van der Waals surface area (Å²) in [6.45, 7) is 1.35. The molecule has 0 bridgehead atoms. The molecule has 0 radical (unpaired) electrons. The van der Waals surface area contributed by atoms with Crippen molar-refractivity contribution in [2.45, 2.75) is 12.0 Å². The minimum absolute atomic E-state index is 0.0841. The van der Waals surface area contributed by atoms with Crippen molar-refractivity contribution in [1.82, 2.24) is 10.6 Å². The van der Waals surface area contributed by atoms with E-state index in [1.807, 2.05) is 6.07 Å². The molecule has 92 valence electrons. The summed E-state index contributed by atoms with van der Waals surface area (Å²) in [4.78, 5) is 10.7. The van der Waals surface area contributed by atoms with Crippen LogP contribution in [0.2, 0.25) is 10.0 Å². The molecule has 0 saturated carbocycles. The summed E-state index contributed by atoms with van der Waals surface area (Å²) < 4.78 is 0. The normalized spacial score (nSPS) is 23.6. The lowest BCUT2D eigenvalue weighted by molar-refractivity contribution is 0.189. The fourth-order valence-electron chi connectivity index (χ4n) is 2.08. The summed E-state index contributed by atoms with van der Waals surface area (Å²) in [6, 6.07) is 5.26. The Kier molecular flexibility index (Phi) is 3.76. The van der Waals surface area contributed by atoms with Crippen molar-refractivity contribution in [3.8, 4) is 0 Å². The highest BCUT2D eigenvalue weighted by atomic mass is 35.5. The third-order valence-electron chi connectivity index (χ3n) is 2.89. The van der Waals surface area contributed by atoms with Gasteiger partial charge >= 0.3 is 6.09 Å². The highest BCUT2D eigenvalue weighted by Crippen LogP contribution is 2.29. The van der Waals surface area contributed by atoms with Gasteiger partial charge in [-0.15, -0.1) is 0 Å². The molecule has 1 aromatic rings. The predicted octanol–water partition coefficient (Wildman–Crippen LogP) is 2.32. The first-order valence-electron chi connectivity index (χ1n) is 5.23. The Morgan fingerprint density at radius 1 is 1.35 bits per heavy atom. The second kappa shape index (κ2) is 5.12. The van der Waals surface area contributed by atoms with Gasteiger partial charge in [0, 0.05) is 19.0 Å². The van der Waals surface area contributed by atoms with E-state index < -0.39 is 6.09 Å². The molecule has 0 aromatic heterocycles. The number of hydrogen-bond acceptors (Lipinski definition) is 2. The molecule has 0 unspecified atom stereocenters. The Labute approximate surface area is 109 Å². The molecule has 6 heteroatoms. The van der Waals surface area contributed by atoms with Gasteiger partial charge in [-0.2, -0.15) is 0 Å². The molecular formula is C11H12Cl2N2O2. The van der Waals surface area contributed by atoms with Crippen LogP contribution in [0.1, 0.15) is 11.5 Å². The van der Waals surface area contributed by atoms with Gasteiger partial charge < -0.3 is 15.7 Å². The molecule has 1 aliphatic rings. The first-order chi connectivity index (χ1) is 8.08. The second-order valence-corrected chi connectivity index (χ2v) is 4.81. The van der Waals surface area contributed by atoms with E-state index in [9.17, 15) is 4.79 Å². The van der Waals surface area contributed by atoms with Crippen LogP contribution in [-0.2, 0) is 0 Å². The first-order valence-corrected chi connectivity index (χ1v) is 5.98. The summed E-state index contributed by atoms with van der Waals surface area (Å²) in [5.41, 5.74) is 0.989. The molecule has 2 rings (SSSR count). The lowest BCUT2D eigenvalue weighted by Crippen LogP contribution is -2.38. The molecule has 3 N–H and O–H groups in total. The number of rotatable bonds is 2. The third kappa shape index (κ3) is 2.83. The zero-order valence-corrected chi connectivity index (χ0v) is 10.4. The number of carboxylic acid groups (broad SMARTS) is 1. The van der Waals surface area contributed by atoms with Crippen LogP contribution < -0.4 is 10.6 Å². The molecule has 1 saturated heterocycles. The summed E-state index contributed by atoms with van der Waals surface area (Å²) >= 11 is 11.8. The minimum atomic E-state index is -1.01. The van der Waals surface area contributed by atoms with Gasteiger partial charge in [-0.05, 0) is 17.7 Å². The summed E-state index contributed by atoms with van der Waals surface area (Å²) in [5, 5.41) is 15.4. The highest BCUT2D eigenvalue weighted by Gasteiger charge is 2.29. The average molecular weight is 275 g/mol. The molecule has 4 nitrogen and oxygen atoms in total. The van der Waals surface area contributed by atoms with Crippen molar-refractivity contribution in [3.63, 3.8) is 0 Å². The summed E-state index contributed by atoms with van der Waals surface area (Å²) in [5.74, 6) is 0.0841. The van der Waals surface area contributed by atoms with Crippen molar-refractivity contribution >= 4 is 29.3 Å². The van der Waals surface area contributed by atoms with Crippen LogP contribution in [0.3, 0.4) is 0 Å². The van der Waals surface area contributed by atoms with Crippen LogP contribution in [0.5, 0.6) is 0 Å². The maximum atomic E-state index is 10.7. The molecule has 1 aromatic carbocycles. The Bertz CT molecular complexity index is 439. The Hall–Kier alpha value is -0.970. The molecule has 0 spiro atoms. The van der Waals surface area contributed by atoms with Crippen LogP contribution in [-0.4, -0.2) is 30.3 Å². The number of nitrogens with one attached hydrogen (secondary N) is 2. The van der Waals surface area contributed by atoms with Crippen LogP contribution in [0, 0.1) is 0 Å². The van der Waals surface area contributed by atoms with E-state index in [1.165, 1.54) is 0 Å². The fraction of sp³-hybridized carbons (Fsp3) is 0.364. The van der Waals surface area contributed by atoms with E-state index in [4.69, 9.17) is 28.3 Å².